The van der Waals surface area contributed by atoms with Crippen LogP contribution in [0.4, 0.5) is 0 Å². The summed E-state index contributed by atoms with van der Waals surface area (Å²) < 4.78 is 18.7. The third kappa shape index (κ3) is 2.60. The Kier molecular flexibility index (Phi) is 4.86. The van der Waals surface area contributed by atoms with E-state index in [0.717, 1.165) is 32.4 Å². The number of fused-ring (bicyclic) bond motifs is 2. The smallest absolute Gasteiger partial charge is 0.338 e. The summed E-state index contributed by atoms with van der Waals surface area (Å²) >= 11 is 0. The van der Waals surface area contributed by atoms with E-state index in [1.165, 1.54) is 0 Å². The summed E-state index contributed by atoms with van der Waals surface area (Å²) in [4.78, 5) is 29.6. The zero-order valence-corrected chi connectivity index (χ0v) is 21.4. The lowest BCUT2D eigenvalue weighted by Crippen LogP contribution is -2.76. The van der Waals surface area contributed by atoms with Gasteiger partial charge in [0.1, 0.15) is 12.2 Å². The van der Waals surface area contributed by atoms with Crippen molar-refractivity contribution in [3.05, 3.63) is 35.9 Å². The molecule has 11 atom stereocenters. The third-order valence-corrected chi connectivity index (χ3v) is 11.3. The first-order valence-electron chi connectivity index (χ1n) is 13.8. The Morgan fingerprint density at radius 3 is 2.72 bits per heavy atom. The molecule has 3 aliphatic heterocycles. The molecular formula is C29H37NO6. The molecule has 4 saturated carbocycles. The van der Waals surface area contributed by atoms with Crippen molar-refractivity contribution in [1.82, 2.24) is 4.90 Å². The van der Waals surface area contributed by atoms with Gasteiger partial charge in [-0.25, -0.2) is 4.79 Å². The predicted octanol–water partition coefficient (Wildman–Crippen LogP) is 3.05. The van der Waals surface area contributed by atoms with E-state index in [4.69, 9.17) is 14.2 Å². The molecule has 1 aromatic rings. The zero-order valence-electron chi connectivity index (χ0n) is 21.4. The van der Waals surface area contributed by atoms with Crippen LogP contribution in [-0.4, -0.2) is 72.1 Å². The molecule has 0 aromatic heterocycles. The van der Waals surface area contributed by atoms with Gasteiger partial charge in [-0.05, 0) is 62.1 Å². The van der Waals surface area contributed by atoms with Gasteiger partial charge in [-0.15, -0.1) is 0 Å². The Bertz CT molecular complexity index is 1090. The maximum absolute atomic E-state index is 13.5. The highest BCUT2D eigenvalue weighted by molar-refractivity contribution is 5.89. The molecule has 7 fully saturated rings. The molecule has 7 aliphatic rings. The van der Waals surface area contributed by atoms with E-state index >= 15 is 0 Å². The van der Waals surface area contributed by atoms with Gasteiger partial charge in [0.15, 0.2) is 0 Å². The molecular weight excluding hydrogens is 458 g/mol. The molecule has 3 heterocycles. The highest BCUT2D eigenvalue weighted by atomic mass is 16.6. The molecule has 36 heavy (non-hydrogen) atoms. The summed E-state index contributed by atoms with van der Waals surface area (Å²) in [5.41, 5.74) is -1.23. The van der Waals surface area contributed by atoms with Crippen molar-refractivity contribution in [1.29, 1.82) is 0 Å². The fraction of sp³-hybridized carbons (Fsp3) is 0.724. The second-order valence-electron chi connectivity index (χ2n) is 12.6. The van der Waals surface area contributed by atoms with Gasteiger partial charge in [-0.2, -0.15) is 0 Å². The number of benzene rings is 1. The Morgan fingerprint density at radius 2 is 2.00 bits per heavy atom. The molecule has 1 aromatic carbocycles. The Balaban J connectivity index is 1.46. The molecule has 3 saturated heterocycles. The summed E-state index contributed by atoms with van der Waals surface area (Å²) in [6.45, 7) is 6.29. The van der Waals surface area contributed by atoms with E-state index in [1.54, 1.807) is 19.2 Å². The Labute approximate surface area is 212 Å². The Hall–Kier alpha value is -1.96. The average Bonchev–Trinajstić information content (AvgIpc) is 2.92. The van der Waals surface area contributed by atoms with E-state index in [-0.39, 0.29) is 58.8 Å². The summed E-state index contributed by atoms with van der Waals surface area (Å²) in [5.74, 6) is -1.62. The average molecular weight is 496 g/mol. The van der Waals surface area contributed by atoms with Crippen LogP contribution in [0.3, 0.4) is 0 Å². The fourth-order valence-electron chi connectivity index (χ4n) is 10.5. The second kappa shape index (κ2) is 7.55. The summed E-state index contributed by atoms with van der Waals surface area (Å²) in [6.07, 6.45) is 3.10. The largest absolute Gasteiger partial charge is 0.462 e. The molecule has 7 nitrogen and oxygen atoms in total. The lowest BCUT2D eigenvalue weighted by molar-refractivity contribution is -0.269. The number of esters is 2. The highest BCUT2D eigenvalue weighted by Crippen LogP contribution is 2.77. The molecule has 1 spiro atoms. The first kappa shape index (κ1) is 23.2. The first-order chi connectivity index (χ1) is 17.3. The summed E-state index contributed by atoms with van der Waals surface area (Å²) in [5, 5.41) is 12.6. The van der Waals surface area contributed by atoms with Crippen LogP contribution in [0.15, 0.2) is 30.3 Å². The zero-order chi connectivity index (χ0) is 25.0. The normalized spacial score (nSPS) is 50.4. The number of hydrogen-bond acceptors (Lipinski definition) is 7. The van der Waals surface area contributed by atoms with Crippen LogP contribution < -0.4 is 0 Å². The summed E-state index contributed by atoms with van der Waals surface area (Å²) in [7, 11) is 1.79. The standard InChI is InChI=1S/C29H37NO6/c1-4-30-15-27(2)12-11-19(34-3)29-18-14-17-10-13-28(33,20(18)26(32)35-17)21(24(29)30)22(23(27)29)36-25(31)16-8-6-5-7-9-16/h5-9,17-24,33H,4,10-15H2,1-3H3/t17-,18?,19-,20?,21-,22+,23?,24?,27-,28+,29-/m0/s1. The topological polar surface area (TPSA) is 85.3 Å². The molecule has 9 bridgehead atoms. The van der Waals surface area contributed by atoms with E-state index in [9.17, 15) is 14.7 Å². The van der Waals surface area contributed by atoms with Crippen molar-refractivity contribution in [3.63, 3.8) is 0 Å². The maximum Gasteiger partial charge on any atom is 0.338 e. The summed E-state index contributed by atoms with van der Waals surface area (Å²) in [6, 6.07) is 9.13. The fourth-order valence-corrected chi connectivity index (χ4v) is 10.5. The molecule has 0 radical (unpaired) electrons. The van der Waals surface area contributed by atoms with Crippen molar-refractivity contribution in [3.8, 4) is 0 Å². The minimum Gasteiger partial charge on any atom is -0.462 e. The number of ether oxygens (including phenoxy) is 3. The molecule has 4 unspecified atom stereocenters. The van der Waals surface area contributed by atoms with Crippen LogP contribution in [0.1, 0.15) is 56.3 Å². The van der Waals surface area contributed by atoms with Crippen molar-refractivity contribution in [2.24, 2.45) is 34.5 Å². The number of rotatable bonds is 4. The quantitative estimate of drug-likeness (QED) is 0.643. The number of nitrogens with zero attached hydrogens (tertiary/aromatic N) is 1. The number of carbonyl (C=O) groups excluding carboxylic acids is 2. The molecule has 4 aliphatic carbocycles. The molecule has 7 heteroatoms. The minimum absolute atomic E-state index is 0.00435. The highest BCUT2D eigenvalue weighted by Gasteiger charge is 2.85. The molecule has 194 valence electrons. The minimum atomic E-state index is -1.27. The number of carbonyl (C=O) groups is 2. The van der Waals surface area contributed by atoms with Gasteiger partial charge in [0.2, 0.25) is 0 Å². The first-order valence-corrected chi connectivity index (χ1v) is 13.8. The third-order valence-electron chi connectivity index (χ3n) is 11.3. The van der Waals surface area contributed by atoms with Gasteiger partial charge in [0, 0.05) is 36.9 Å². The second-order valence-corrected chi connectivity index (χ2v) is 12.6. The Morgan fingerprint density at radius 1 is 1.22 bits per heavy atom. The van der Waals surface area contributed by atoms with Crippen LogP contribution in [-0.2, 0) is 19.0 Å². The van der Waals surface area contributed by atoms with Gasteiger partial charge in [0.25, 0.3) is 0 Å². The van der Waals surface area contributed by atoms with Crippen LogP contribution in [0, 0.1) is 34.5 Å². The molecule has 0 amide bonds. The van der Waals surface area contributed by atoms with Crippen LogP contribution >= 0.6 is 0 Å². The van der Waals surface area contributed by atoms with E-state index in [0.29, 0.717) is 18.4 Å². The van der Waals surface area contributed by atoms with Gasteiger partial charge in [-0.1, -0.05) is 32.0 Å². The monoisotopic (exact) mass is 495 g/mol. The number of hydrogen-bond donors (Lipinski definition) is 1. The van der Waals surface area contributed by atoms with Crippen molar-refractivity contribution in [2.75, 3.05) is 20.2 Å². The van der Waals surface area contributed by atoms with Gasteiger partial charge >= 0.3 is 11.9 Å². The van der Waals surface area contributed by atoms with Crippen LogP contribution in [0.5, 0.6) is 0 Å². The lowest BCUT2D eigenvalue weighted by Gasteiger charge is -2.69. The van der Waals surface area contributed by atoms with Gasteiger partial charge in [-0.3, -0.25) is 9.69 Å². The van der Waals surface area contributed by atoms with Gasteiger partial charge < -0.3 is 19.3 Å². The number of likely N-dealkylation sites (tertiary alicyclic amines) is 1. The van der Waals surface area contributed by atoms with Crippen LogP contribution in [0.2, 0.25) is 0 Å². The van der Waals surface area contributed by atoms with Crippen LogP contribution in [0.25, 0.3) is 0 Å². The van der Waals surface area contributed by atoms with E-state index < -0.39 is 17.6 Å². The van der Waals surface area contributed by atoms with Crippen molar-refractivity contribution in [2.45, 2.75) is 75.9 Å². The van der Waals surface area contributed by atoms with E-state index in [2.05, 4.69) is 18.7 Å². The SMILES string of the molecule is CCN1C[C@]2(C)CC[C@H](OC)[C@]34C5C[C@@H]6CC[C@@](O)(C5C(=O)O6)[C@H](C13)[C@@H](OC(=O)c1ccccc1)C24. The number of piperidine rings is 1. The predicted molar refractivity (Wildman–Crippen MR) is 130 cm³/mol. The molecule has 1 N–H and O–H groups in total. The van der Waals surface area contributed by atoms with E-state index in [1.807, 2.05) is 18.2 Å². The van der Waals surface area contributed by atoms with Crippen molar-refractivity contribution >= 4 is 11.9 Å². The lowest BCUT2D eigenvalue weighted by atomic mass is 9.42. The maximum atomic E-state index is 13.5. The van der Waals surface area contributed by atoms with Gasteiger partial charge in [0.05, 0.1) is 23.2 Å². The van der Waals surface area contributed by atoms with Crippen molar-refractivity contribution < 1.29 is 28.9 Å². The molecule has 8 rings (SSSR count). The number of methoxy groups -OCH3 is 1. The number of aliphatic hydroxyl groups is 1.